The zero-order valence-electron chi connectivity index (χ0n) is 11.1. The molecule has 2 aromatic carbocycles. The number of hydrogen-bond donors (Lipinski definition) is 1. The van der Waals surface area contributed by atoms with E-state index in [0.29, 0.717) is 6.54 Å². The van der Waals surface area contributed by atoms with Crippen molar-refractivity contribution in [3.05, 3.63) is 71.5 Å². The number of furan rings is 1. The molecule has 0 fully saturated rings. The number of hydrogen-bond acceptors (Lipinski definition) is 2. The molecule has 2 N–H and O–H groups in total. The van der Waals surface area contributed by atoms with Crippen molar-refractivity contribution in [1.29, 1.82) is 0 Å². The van der Waals surface area contributed by atoms with Gasteiger partial charge in [0.05, 0.1) is 6.54 Å². The van der Waals surface area contributed by atoms with Gasteiger partial charge in [-0.25, -0.2) is 0 Å². The van der Waals surface area contributed by atoms with Crippen molar-refractivity contribution in [1.82, 2.24) is 0 Å². The molecule has 4 rings (SSSR count). The lowest BCUT2D eigenvalue weighted by atomic mass is 10.00. The van der Waals surface area contributed by atoms with Crippen LogP contribution in [0.15, 0.2) is 59.0 Å². The molecule has 0 bridgehead atoms. The molecular weight excluding hydrogens is 246 g/mol. The molecule has 1 heterocycles. The Bertz CT molecular complexity index is 786. The minimum Gasteiger partial charge on any atom is -0.460 e. The molecule has 0 saturated carbocycles. The van der Waals surface area contributed by atoms with Gasteiger partial charge in [-0.2, -0.15) is 0 Å². The standard InChI is InChI=1S/C18H15NO/c19-11-13-8-9-18(20-13)16-7-3-6-15-14-5-2-1-4-12(14)10-17(15)16/h1-9H,10-11,19H2. The number of nitrogens with two attached hydrogens (primary N) is 1. The maximum Gasteiger partial charge on any atom is 0.134 e. The first-order valence-corrected chi connectivity index (χ1v) is 6.86. The lowest BCUT2D eigenvalue weighted by molar-refractivity contribution is 0.525. The zero-order valence-corrected chi connectivity index (χ0v) is 11.1. The normalized spacial score (nSPS) is 12.2. The quantitative estimate of drug-likeness (QED) is 0.593. The Hall–Kier alpha value is -2.32. The van der Waals surface area contributed by atoms with Crippen LogP contribution < -0.4 is 5.73 Å². The summed E-state index contributed by atoms with van der Waals surface area (Å²) in [6.45, 7) is 0.440. The molecule has 1 aliphatic carbocycles. The molecule has 0 spiro atoms. The Morgan fingerprint density at radius 3 is 2.50 bits per heavy atom. The first-order valence-electron chi connectivity index (χ1n) is 6.86. The van der Waals surface area contributed by atoms with Gasteiger partial charge >= 0.3 is 0 Å². The van der Waals surface area contributed by atoms with Crippen molar-refractivity contribution in [2.45, 2.75) is 13.0 Å². The van der Waals surface area contributed by atoms with Crippen molar-refractivity contribution in [3.63, 3.8) is 0 Å². The summed E-state index contributed by atoms with van der Waals surface area (Å²) in [6, 6.07) is 19.0. The molecule has 2 heteroatoms. The van der Waals surface area contributed by atoms with Gasteiger partial charge in [0.1, 0.15) is 11.5 Å². The van der Waals surface area contributed by atoms with Gasteiger partial charge in [-0.3, -0.25) is 0 Å². The van der Waals surface area contributed by atoms with Crippen LogP contribution in [0.4, 0.5) is 0 Å². The fourth-order valence-electron chi connectivity index (χ4n) is 3.02. The molecular formula is C18H15NO. The van der Waals surface area contributed by atoms with Gasteiger partial charge in [0.15, 0.2) is 0 Å². The molecule has 98 valence electrons. The second kappa shape index (κ2) is 4.36. The van der Waals surface area contributed by atoms with Crippen LogP contribution in [0.1, 0.15) is 16.9 Å². The lowest BCUT2D eigenvalue weighted by Crippen LogP contribution is -1.92. The molecule has 1 aromatic heterocycles. The Labute approximate surface area is 117 Å². The van der Waals surface area contributed by atoms with Crippen LogP contribution in [0.2, 0.25) is 0 Å². The van der Waals surface area contributed by atoms with Crippen LogP contribution in [0.25, 0.3) is 22.5 Å². The monoisotopic (exact) mass is 261 g/mol. The average Bonchev–Trinajstić information content (AvgIpc) is 3.11. The predicted molar refractivity (Wildman–Crippen MR) is 80.3 cm³/mol. The molecule has 0 radical (unpaired) electrons. The van der Waals surface area contributed by atoms with Gasteiger partial charge in [0.25, 0.3) is 0 Å². The van der Waals surface area contributed by atoms with Crippen LogP contribution in [0.5, 0.6) is 0 Å². The van der Waals surface area contributed by atoms with E-state index < -0.39 is 0 Å². The molecule has 0 aliphatic heterocycles. The molecule has 3 aromatic rings. The van der Waals surface area contributed by atoms with Crippen LogP contribution >= 0.6 is 0 Å². The summed E-state index contributed by atoms with van der Waals surface area (Å²) in [7, 11) is 0. The fourth-order valence-corrected chi connectivity index (χ4v) is 3.02. The van der Waals surface area contributed by atoms with Crippen LogP contribution in [0.3, 0.4) is 0 Å². The highest BCUT2D eigenvalue weighted by Gasteiger charge is 2.21. The van der Waals surface area contributed by atoms with Crippen molar-refractivity contribution < 1.29 is 4.42 Å². The summed E-state index contributed by atoms with van der Waals surface area (Å²) in [5, 5.41) is 0. The first kappa shape index (κ1) is 11.5. The van der Waals surface area contributed by atoms with E-state index in [4.69, 9.17) is 10.2 Å². The Morgan fingerprint density at radius 1 is 0.850 bits per heavy atom. The first-order chi connectivity index (χ1) is 9.86. The molecule has 0 amide bonds. The minimum atomic E-state index is 0.440. The topological polar surface area (TPSA) is 39.2 Å². The van der Waals surface area contributed by atoms with Gasteiger partial charge in [-0.15, -0.1) is 0 Å². The van der Waals surface area contributed by atoms with Crippen LogP contribution in [-0.2, 0) is 13.0 Å². The van der Waals surface area contributed by atoms with E-state index in [2.05, 4.69) is 42.5 Å². The van der Waals surface area contributed by atoms with Gasteiger partial charge in [-0.1, -0.05) is 42.5 Å². The van der Waals surface area contributed by atoms with Gasteiger partial charge in [0.2, 0.25) is 0 Å². The highest BCUT2D eigenvalue weighted by Crippen LogP contribution is 2.41. The Morgan fingerprint density at radius 2 is 1.65 bits per heavy atom. The summed E-state index contributed by atoms with van der Waals surface area (Å²) >= 11 is 0. The van der Waals surface area contributed by atoms with E-state index in [1.807, 2.05) is 12.1 Å². The third-order valence-corrected chi connectivity index (χ3v) is 3.98. The van der Waals surface area contributed by atoms with E-state index in [0.717, 1.165) is 17.9 Å². The van der Waals surface area contributed by atoms with Gasteiger partial charge < -0.3 is 10.2 Å². The van der Waals surface area contributed by atoms with Gasteiger partial charge in [-0.05, 0) is 40.8 Å². The number of benzene rings is 2. The summed E-state index contributed by atoms with van der Waals surface area (Å²) in [5.41, 5.74) is 12.2. The molecule has 1 aliphatic rings. The van der Waals surface area contributed by atoms with E-state index >= 15 is 0 Å². The molecule has 20 heavy (non-hydrogen) atoms. The third-order valence-electron chi connectivity index (χ3n) is 3.98. The summed E-state index contributed by atoms with van der Waals surface area (Å²) in [4.78, 5) is 0. The van der Waals surface area contributed by atoms with Crippen molar-refractivity contribution in [3.8, 4) is 22.5 Å². The Balaban J connectivity index is 1.89. The second-order valence-electron chi connectivity index (χ2n) is 5.14. The highest BCUT2D eigenvalue weighted by atomic mass is 16.3. The third kappa shape index (κ3) is 1.62. The summed E-state index contributed by atoms with van der Waals surface area (Å²) < 4.78 is 5.82. The van der Waals surface area contributed by atoms with E-state index in [1.54, 1.807) is 0 Å². The van der Waals surface area contributed by atoms with E-state index in [9.17, 15) is 0 Å². The van der Waals surface area contributed by atoms with Crippen molar-refractivity contribution >= 4 is 0 Å². The number of rotatable bonds is 2. The largest absolute Gasteiger partial charge is 0.460 e. The van der Waals surface area contributed by atoms with Crippen molar-refractivity contribution in [2.75, 3.05) is 0 Å². The minimum absolute atomic E-state index is 0.440. The fraction of sp³-hybridized carbons (Fsp3) is 0.111. The maximum absolute atomic E-state index is 5.82. The molecule has 2 nitrogen and oxygen atoms in total. The maximum atomic E-state index is 5.82. The summed E-state index contributed by atoms with van der Waals surface area (Å²) in [6.07, 6.45) is 0.973. The van der Waals surface area contributed by atoms with Gasteiger partial charge in [0, 0.05) is 5.56 Å². The molecule has 0 saturated heterocycles. The second-order valence-corrected chi connectivity index (χ2v) is 5.14. The van der Waals surface area contributed by atoms with Crippen LogP contribution in [-0.4, -0.2) is 0 Å². The smallest absolute Gasteiger partial charge is 0.134 e. The summed E-state index contributed by atoms with van der Waals surface area (Å²) in [5.74, 6) is 1.74. The SMILES string of the molecule is NCc1ccc(-c2cccc3c2Cc2ccccc2-3)o1. The van der Waals surface area contributed by atoms with E-state index in [-0.39, 0.29) is 0 Å². The Kier molecular flexibility index (Phi) is 2.51. The lowest BCUT2D eigenvalue weighted by Gasteiger charge is -2.06. The highest BCUT2D eigenvalue weighted by molar-refractivity contribution is 5.83. The predicted octanol–water partition coefficient (Wildman–Crippen LogP) is 3.98. The van der Waals surface area contributed by atoms with Crippen LogP contribution in [0, 0.1) is 0 Å². The van der Waals surface area contributed by atoms with Crippen molar-refractivity contribution in [2.24, 2.45) is 5.73 Å². The zero-order chi connectivity index (χ0) is 13.5. The van der Waals surface area contributed by atoms with E-state index in [1.165, 1.54) is 27.8 Å². The average molecular weight is 261 g/mol. The number of fused-ring (bicyclic) bond motifs is 3. The molecule has 0 unspecified atom stereocenters. The molecule has 0 atom stereocenters.